The van der Waals surface area contributed by atoms with Crippen LogP contribution in [-0.2, 0) is 28.1 Å². The number of carbonyl (C=O) groups is 3. The SMILES string of the molecule is CCCCc1nc(Cl)c(C=O)n1Cc1ccc(C2CCCC2C(NC(C)=O)(C(N)=O)c2ccccc2O)cc1. The lowest BCUT2D eigenvalue weighted by molar-refractivity contribution is -0.134. The van der Waals surface area contributed by atoms with Gasteiger partial charge in [0.2, 0.25) is 11.8 Å². The van der Waals surface area contributed by atoms with Gasteiger partial charge in [-0.2, -0.15) is 0 Å². The molecule has 2 aromatic carbocycles. The second-order valence-corrected chi connectivity index (χ2v) is 10.6. The monoisotopic (exact) mass is 550 g/mol. The molecule has 0 spiro atoms. The van der Waals surface area contributed by atoms with E-state index < -0.39 is 17.4 Å². The van der Waals surface area contributed by atoms with Crippen molar-refractivity contribution in [1.82, 2.24) is 14.9 Å². The summed E-state index contributed by atoms with van der Waals surface area (Å²) in [7, 11) is 0. The molecule has 1 saturated carbocycles. The number of para-hydroxylation sites is 1. The van der Waals surface area contributed by atoms with Crippen LogP contribution in [0, 0.1) is 5.92 Å². The number of hydrogen-bond acceptors (Lipinski definition) is 5. The number of aromatic hydroxyl groups is 1. The van der Waals surface area contributed by atoms with Crippen molar-refractivity contribution in [2.24, 2.45) is 11.7 Å². The predicted octanol–water partition coefficient (Wildman–Crippen LogP) is 4.85. The van der Waals surface area contributed by atoms with E-state index in [1.54, 1.807) is 18.2 Å². The topological polar surface area (TPSA) is 127 Å². The third kappa shape index (κ3) is 5.57. The van der Waals surface area contributed by atoms with E-state index in [-0.39, 0.29) is 22.7 Å². The van der Waals surface area contributed by atoms with Crippen LogP contribution < -0.4 is 11.1 Å². The number of phenols is 1. The molecule has 1 heterocycles. The van der Waals surface area contributed by atoms with Gasteiger partial charge < -0.3 is 20.7 Å². The van der Waals surface area contributed by atoms with E-state index >= 15 is 0 Å². The fourth-order valence-electron chi connectivity index (χ4n) is 6.05. The lowest BCUT2D eigenvalue weighted by Gasteiger charge is -2.40. The average Bonchev–Trinajstić information content (AvgIpc) is 3.51. The summed E-state index contributed by atoms with van der Waals surface area (Å²) in [6.45, 7) is 3.90. The lowest BCUT2D eigenvalue weighted by atomic mass is 9.70. The Labute approximate surface area is 233 Å². The Bertz CT molecular complexity index is 1350. The Kier molecular flexibility index (Phi) is 8.75. The first-order valence-corrected chi connectivity index (χ1v) is 13.8. The maximum Gasteiger partial charge on any atom is 0.248 e. The Morgan fingerprint density at radius 2 is 1.92 bits per heavy atom. The summed E-state index contributed by atoms with van der Waals surface area (Å²) in [5.41, 5.74) is 7.12. The molecule has 206 valence electrons. The van der Waals surface area contributed by atoms with E-state index in [2.05, 4.69) is 17.2 Å². The maximum atomic E-state index is 13.1. The number of amides is 2. The van der Waals surface area contributed by atoms with Crippen molar-refractivity contribution in [2.45, 2.75) is 70.4 Å². The van der Waals surface area contributed by atoms with E-state index in [1.807, 2.05) is 28.8 Å². The standard InChI is InChI=1S/C30H35ClN4O4/c1-3-4-12-27-33-28(31)25(18-36)35(27)17-20-13-15-21(16-14-20)22-8-7-10-23(22)30(29(32)39,34-19(2)37)24-9-5-6-11-26(24)38/h5-6,9,11,13-16,18,22-23,38H,3-4,7-8,10,12,17H2,1-2H3,(H2,32,39)(H,34,37). The molecule has 0 radical (unpaired) electrons. The number of aromatic nitrogens is 2. The maximum absolute atomic E-state index is 13.1. The third-order valence-corrected chi connectivity index (χ3v) is 8.10. The molecule has 3 unspecified atom stereocenters. The van der Waals surface area contributed by atoms with Gasteiger partial charge in [0.25, 0.3) is 0 Å². The van der Waals surface area contributed by atoms with Crippen molar-refractivity contribution >= 4 is 29.7 Å². The highest BCUT2D eigenvalue weighted by Crippen LogP contribution is 2.50. The molecule has 4 N–H and O–H groups in total. The minimum absolute atomic E-state index is 0.0775. The number of phenolic OH excluding ortho intramolecular Hbond substituents is 1. The molecule has 4 rings (SSSR count). The van der Waals surface area contributed by atoms with Crippen molar-refractivity contribution in [1.29, 1.82) is 0 Å². The first kappa shape index (κ1) is 28.4. The number of imidazole rings is 1. The van der Waals surface area contributed by atoms with Gasteiger partial charge in [-0.3, -0.25) is 14.4 Å². The highest BCUT2D eigenvalue weighted by atomic mass is 35.5. The summed E-state index contributed by atoms with van der Waals surface area (Å²) < 4.78 is 1.87. The molecule has 2 amide bonds. The van der Waals surface area contributed by atoms with E-state index in [9.17, 15) is 19.5 Å². The quantitative estimate of drug-likeness (QED) is 0.294. The first-order valence-electron chi connectivity index (χ1n) is 13.4. The molecular weight excluding hydrogens is 516 g/mol. The molecule has 39 heavy (non-hydrogen) atoms. The number of halogens is 1. The number of carbonyl (C=O) groups excluding carboxylic acids is 3. The van der Waals surface area contributed by atoms with Crippen LogP contribution in [0.5, 0.6) is 5.75 Å². The Morgan fingerprint density at radius 3 is 2.54 bits per heavy atom. The van der Waals surface area contributed by atoms with Crippen molar-refractivity contribution in [3.63, 3.8) is 0 Å². The summed E-state index contributed by atoms with van der Waals surface area (Å²) >= 11 is 6.24. The number of unbranched alkanes of at least 4 members (excludes halogenated alkanes) is 1. The fourth-order valence-corrected chi connectivity index (χ4v) is 6.29. The number of primary amides is 1. The minimum Gasteiger partial charge on any atom is -0.508 e. The van der Waals surface area contributed by atoms with Crippen LogP contribution in [0.2, 0.25) is 5.15 Å². The third-order valence-electron chi connectivity index (χ3n) is 7.82. The van der Waals surface area contributed by atoms with Crippen LogP contribution in [0.1, 0.15) is 84.9 Å². The zero-order valence-electron chi connectivity index (χ0n) is 22.3. The molecule has 0 aliphatic heterocycles. The number of hydrogen-bond donors (Lipinski definition) is 3. The first-order chi connectivity index (χ1) is 18.7. The van der Waals surface area contributed by atoms with Crippen LogP contribution >= 0.6 is 11.6 Å². The number of benzene rings is 2. The Hall–Kier alpha value is -3.65. The van der Waals surface area contributed by atoms with Crippen LogP contribution in [0.15, 0.2) is 48.5 Å². The number of aryl methyl sites for hydroxylation is 1. The van der Waals surface area contributed by atoms with Gasteiger partial charge in [-0.05, 0) is 42.4 Å². The number of nitrogens with two attached hydrogens (primary N) is 1. The summed E-state index contributed by atoms with van der Waals surface area (Å²) in [6, 6.07) is 14.6. The van der Waals surface area contributed by atoms with E-state index in [0.29, 0.717) is 24.2 Å². The minimum atomic E-state index is -1.56. The highest BCUT2D eigenvalue weighted by Gasteiger charge is 2.52. The van der Waals surface area contributed by atoms with Gasteiger partial charge >= 0.3 is 0 Å². The van der Waals surface area contributed by atoms with Crippen LogP contribution in [0.4, 0.5) is 0 Å². The molecule has 1 fully saturated rings. The molecule has 3 aromatic rings. The second kappa shape index (κ2) is 12.0. The van der Waals surface area contributed by atoms with Crippen LogP contribution in [-0.4, -0.2) is 32.8 Å². The van der Waals surface area contributed by atoms with Gasteiger partial charge in [0.1, 0.15) is 17.3 Å². The van der Waals surface area contributed by atoms with Crippen molar-refractivity contribution < 1.29 is 19.5 Å². The smallest absolute Gasteiger partial charge is 0.248 e. The number of rotatable bonds is 11. The number of nitrogens with one attached hydrogen (secondary N) is 1. The highest BCUT2D eigenvalue weighted by molar-refractivity contribution is 6.31. The van der Waals surface area contributed by atoms with Gasteiger partial charge in [-0.1, -0.05) is 73.8 Å². The largest absolute Gasteiger partial charge is 0.508 e. The molecule has 0 bridgehead atoms. The molecule has 8 nitrogen and oxygen atoms in total. The molecule has 1 aliphatic rings. The van der Waals surface area contributed by atoms with Crippen LogP contribution in [0.3, 0.4) is 0 Å². The number of nitrogens with zero attached hydrogens (tertiary/aromatic N) is 2. The molecular formula is C30H35ClN4O4. The van der Waals surface area contributed by atoms with E-state index in [1.165, 1.54) is 13.0 Å². The van der Waals surface area contributed by atoms with Gasteiger partial charge in [0, 0.05) is 31.4 Å². The lowest BCUT2D eigenvalue weighted by Crippen LogP contribution is -2.59. The van der Waals surface area contributed by atoms with Crippen molar-refractivity contribution in [3.8, 4) is 5.75 Å². The average molecular weight is 551 g/mol. The van der Waals surface area contributed by atoms with Gasteiger partial charge in [-0.15, -0.1) is 0 Å². The summed E-state index contributed by atoms with van der Waals surface area (Å²) in [5.74, 6) is -0.838. The van der Waals surface area contributed by atoms with Gasteiger partial charge in [0.05, 0.1) is 0 Å². The zero-order valence-corrected chi connectivity index (χ0v) is 23.1. The van der Waals surface area contributed by atoms with Crippen LogP contribution in [0.25, 0.3) is 0 Å². The summed E-state index contributed by atoms with van der Waals surface area (Å²) in [4.78, 5) is 41.7. The normalized spacial score (nSPS) is 18.4. The molecule has 0 saturated heterocycles. The number of aldehydes is 1. The molecule has 1 aliphatic carbocycles. The predicted molar refractivity (Wildman–Crippen MR) is 150 cm³/mol. The Balaban J connectivity index is 1.68. The summed E-state index contributed by atoms with van der Waals surface area (Å²) in [5, 5.41) is 13.8. The fraction of sp³-hybridized carbons (Fsp3) is 0.400. The van der Waals surface area contributed by atoms with Crippen molar-refractivity contribution in [2.75, 3.05) is 0 Å². The molecule has 9 heteroatoms. The van der Waals surface area contributed by atoms with E-state index in [4.69, 9.17) is 17.3 Å². The molecule has 1 aromatic heterocycles. The second-order valence-electron chi connectivity index (χ2n) is 10.3. The summed E-state index contributed by atoms with van der Waals surface area (Å²) in [6.07, 6.45) is 5.73. The van der Waals surface area contributed by atoms with Gasteiger partial charge in [0.15, 0.2) is 17.0 Å². The zero-order chi connectivity index (χ0) is 28.2. The Morgan fingerprint density at radius 1 is 1.21 bits per heavy atom. The van der Waals surface area contributed by atoms with E-state index in [0.717, 1.165) is 55.3 Å². The molecule has 3 atom stereocenters. The van der Waals surface area contributed by atoms with Crippen molar-refractivity contribution in [3.05, 3.63) is 81.9 Å². The van der Waals surface area contributed by atoms with Gasteiger partial charge in [-0.25, -0.2) is 4.98 Å².